The summed E-state index contributed by atoms with van der Waals surface area (Å²) in [6.07, 6.45) is 2.51. The Morgan fingerprint density at radius 1 is 1.14 bits per heavy atom. The van der Waals surface area contributed by atoms with Gasteiger partial charge in [-0.05, 0) is 31.7 Å². The molecule has 2 unspecified atom stereocenters. The van der Waals surface area contributed by atoms with Gasteiger partial charge >= 0.3 is 5.97 Å². The van der Waals surface area contributed by atoms with Crippen LogP contribution in [0, 0.1) is 5.92 Å². The van der Waals surface area contributed by atoms with E-state index in [4.69, 9.17) is 26.5 Å². The van der Waals surface area contributed by atoms with Crippen molar-refractivity contribution in [3.05, 3.63) is 0 Å². The number of aliphatic carboxylic acids is 2. The van der Waals surface area contributed by atoms with Gasteiger partial charge in [0.1, 0.15) is 6.04 Å². The van der Waals surface area contributed by atoms with E-state index >= 15 is 0 Å². The van der Waals surface area contributed by atoms with Crippen molar-refractivity contribution in [2.75, 3.05) is 6.54 Å². The second kappa shape index (κ2) is 13.0. The fraction of sp³-hybridized carbons (Fsp3) is 0.786. The number of hydrogen-bond donors (Lipinski definition) is 5. The monoisotopic (exact) mass is 319 g/mol. The number of amides is 1. The molecular weight excluding hydrogens is 290 g/mol. The molecule has 0 aliphatic rings. The van der Waals surface area contributed by atoms with E-state index in [-0.39, 0.29) is 5.92 Å². The van der Waals surface area contributed by atoms with Crippen molar-refractivity contribution in [2.45, 2.75) is 58.5 Å². The van der Waals surface area contributed by atoms with Crippen molar-refractivity contribution in [3.8, 4) is 0 Å². The Morgan fingerprint density at radius 3 is 2.00 bits per heavy atom. The number of hydrogen-bond acceptors (Lipinski definition) is 5. The average molecular weight is 319 g/mol. The summed E-state index contributed by atoms with van der Waals surface area (Å²) in [5, 5.41) is 18.9. The zero-order valence-corrected chi connectivity index (χ0v) is 13.5. The van der Waals surface area contributed by atoms with E-state index in [9.17, 15) is 9.59 Å². The molecule has 0 aliphatic heterocycles. The highest BCUT2D eigenvalue weighted by atomic mass is 16.4. The minimum absolute atomic E-state index is 0.194. The van der Waals surface area contributed by atoms with Gasteiger partial charge in [0.15, 0.2) is 0 Å². The summed E-state index contributed by atoms with van der Waals surface area (Å²) in [6.45, 7) is 5.46. The molecule has 22 heavy (non-hydrogen) atoms. The molecule has 1 amide bonds. The molecule has 0 spiro atoms. The van der Waals surface area contributed by atoms with Crippen LogP contribution in [0.4, 0.5) is 0 Å². The number of carboxylic acids is 2. The van der Waals surface area contributed by atoms with Crippen molar-refractivity contribution < 1.29 is 24.6 Å². The van der Waals surface area contributed by atoms with Crippen LogP contribution in [0.3, 0.4) is 0 Å². The summed E-state index contributed by atoms with van der Waals surface area (Å²) in [6, 6.07) is -1.52. The van der Waals surface area contributed by atoms with Crippen molar-refractivity contribution in [1.29, 1.82) is 0 Å². The van der Waals surface area contributed by atoms with Gasteiger partial charge < -0.3 is 27.0 Å². The Hall–Kier alpha value is -1.67. The number of unbranched alkanes of at least 4 members (excludes halogenated alkanes) is 1. The number of nitrogens with two attached hydrogens (primary N) is 2. The van der Waals surface area contributed by atoms with E-state index in [1.165, 1.54) is 0 Å². The minimum Gasteiger partial charge on any atom is -0.481 e. The lowest BCUT2D eigenvalue weighted by Crippen LogP contribution is -2.48. The van der Waals surface area contributed by atoms with E-state index < -0.39 is 29.9 Å². The van der Waals surface area contributed by atoms with Gasteiger partial charge in [-0.1, -0.05) is 20.3 Å². The van der Waals surface area contributed by atoms with Gasteiger partial charge in [-0.15, -0.1) is 0 Å². The number of nitrogens with one attached hydrogen (secondary N) is 1. The highest BCUT2D eigenvalue weighted by Gasteiger charge is 2.23. The molecule has 0 saturated carbocycles. The molecule has 0 heterocycles. The van der Waals surface area contributed by atoms with Gasteiger partial charge in [0.05, 0.1) is 6.04 Å². The van der Waals surface area contributed by atoms with Crippen LogP contribution in [-0.4, -0.2) is 46.7 Å². The third-order valence-corrected chi connectivity index (χ3v) is 2.63. The van der Waals surface area contributed by atoms with Gasteiger partial charge in [0.2, 0.25) is 5.91 Å². The van der Waals surface area contributed by atoms with Gasteiger partial charge in [0, 0.05) is 6.92 Å². The fourth-order valence-electron chi connectivity index (χ4n) is 1.61. The molecule has 0 aromatic carbocycles. The highest BCUT2D eigenvalue weighted by molar-refractivity contribution is 5.86. The summed E-state index contributed by atoms with van der Waals surface area (Å²) in [5.74, 6) is -2.06. The number of carbonyl (C=O) groups is 3. The third kappa shape index (κ3) is 14.7. The summed E-state index contributed by atoms with van der Waals surface area (Å²) in [5.41, 5.74) is 11.0. The molecule has 0 aromatic rings. The number of rotatable bonds is 9. The molecular formula is C14H29N3O5. The third-order valence-electron chi connectivity index (χ3n) is 2.63. The van der Waals surface area contributed by atoms with Crippen molar-refractivity contribution in [2.24, 2.45) is 17.4 Å². The maximum Gasteiger partial charge on any atom is 0.326 e. The Bertz CT molecular complexity index is 343. The molecule has 7 N–H and O–H groups in total. The summed E-state index contributed by atoms with van der Waals surface area (Å²) in [7, 11) is 0. The summed E-state index contributed by atoms with van der Waals surface area (Å²) < 4.78 is 0. The van der Waals surface area contributed by atoms with Crippen molar-refractivity contribution in [3.63, 3.8) is 0 Å². The normalized spacial score (nSPS) is 12.8. The standard InChI is InChI=1S/C12H25N3O3.C2H4O2/c1-8(2)7-10(12(17)18)15-11(16)9(14)5-3-4-6-13;1-2(3)4/h8-10H,3-7,13-14H2,1-2H3,(H,15,16)(H,17,18);1H3,(H,3,4). The molecule has 0 radical (unpaired) electrons. The number of carboxylic acid groups (broad SMARTS) is 2. The molecule has 0 bridgehead atoms. The Balaban J connectivity index is 0. The van der Waals surface area contributed by atoms with Gasteiger partial charge in [0.25, 0.3) is 5.97 Å². The molecule has 0 saturated heterocycles. The maximum atomic E-state index is 11.7. The zero-order chi connectivity index (χ0) is 17.7. The fourth-order valence-corrected chi connectivity index (χ4v) is 1.61. The lowest BCUT2D eigenvalue weighted by Gasteiger charge is -2.19. The first-order chi connectivity index (χ1) is 10.1. The van der Waals surface area contributed by atoms with Crippen LogP contribution in [0.2, 0.25) is 0 Å². The van der Waals surface area contributed by atoms with Crippen molar-refractivity contribution >= 4 is 17.8 Å². The summed E-state index contributed by atoms with van der Waals surface area (Å²) in [4.78, 5) is 31.7. The van der Waals surface area contributed by atoms with Crippen LogP contribution in [0.15, 0.2) is 0 Å². The summed E-state index contributed by atoms with van der Waals surface area (Å²) >= 11 is 0. The van der Waals surface area contributed by atoms with E-state index in [2.05, 4.69) is 5.32 Å². The van der Waals surface area contributed by atoms with Crippen LogP contribution >= 0.6 is 0 Å². The number of carbonyl (C=O) groups excluding carboxylic acids is 1. The average Bonchev–Trinajstić information content (AvgIpc) is 2.36. The molecule has 130 valence electrons. The first-order valence-electron chi connectivity index (χ1n) is 7.30. The second-order valence-electron chi connectivity index (χ2n) is 5.44. The molecule has 0 aromatic heterocycles. The zero-order valence-electron chi connectivity index (χ0n) is 13.5. The molecule has 2 atom stereocenters. The second-order valence-corrected chi connectivity index (χ2v) is 5.44. The topological polar surface area (TPSA) is 156 Å². The first kappa shape index (κ1) is 22.6. The molecule has 0 rings (SSSR count). The van der Waals surface area contributed by atoms with E-state index in [1.54, 1.807) is 0 Å². The van der Waals surface area contributed by atoms with Crippen LogP contribution in [0.25, 0.3) is 0 Å². The highest BCUT2D eigenvalue weighted by Crippen LogP contribution is 2.06. The molecule has 8 nitrogen and oxygen atoms in total. The molecule has 8 heteroatoms. The Morgan fingerprint density at radius 2 is 1.64 bits per heavy atom. The Labute approximate surface area is 131 Å². The van der Waals surface area contributed by atoms with E-state index in [0.29, 0.717) is 19.4 Å². The first-order valence-corrected chi connectivity index (χ1v) is 7.30. The molecule has 0 aliphatic carbocycles. The van der Waals surface area contributed by atoms with E-state index in [1.807, 2.05) is 13.8 Å². The SMILES string of the molecule is CC(=O)O.CC(C)CC(NC(=O)C(N)CCCCN)C(=O)O. The lowest BCUT2D eigenvalue weighted by atomic mass is 10.0. The van der Waals surface area contributed by atoms with Crippen LogP contribution in [-0.2, 0) is 14.4 Å². The van der Waals surface area contributed by atoms with Crippen LogP contribution in [0.5, 0.6) is 0 Å². The van der Waals surface area contributed by atoms with Crippen molar-refractivity contribution in [1.82, 2.24) is 5.32 Å². The quantitative estimate of drug-likeness (QED) is 0.379. The minimum atomic E-state index is -1.02. The van der Waals surface area contributed by atoms with Gasteiger partial charge in [-0.25, -0.2) is 4.79 Å². The predicted octanol–water partition coefficient (Wildman–Crippen LogP) is 0.149. The maximum absolute atomic E-state index is 11.7. The largest absolute Gasteiger partial charge is 0.481 e. The van der Waals surface area contributed by atoms with Crippen LogP contribution < -0.4 is 16.8 Å². The Kier molecular flexibility index (Phi) is 13.4. The van der Waals surface area contributed by atoms with E-state index in [0.717, 1.165) is 19.8 Å². The molecule has 0 fully saturated rings. The van der Waals surface area contributed by atoms with Crippen LogP contribution in [0.1, 0.15) is 46.5 Å². The van der Waals surface area contributed by atoms with Gasteiger partial charge in [-0.2, -0.15) is 0 Å². The lowest BCUT2D eigenvalue weighted by molar-refractivity contribution is -0.142. The predicted molar refractivity (Wildman–Crippen MR) is 83.2 cm³/mol. The smallest absolute Gasteiger partial charge is 0.326 e. The van der Waals surface area contributed by atoms with Gasteiger partial charge in [-0.3, -0.25) is 9.59 Å².